The molecule has 0 bridgehead atoms. The summed E-state index contributed by atoms with van der Waals surface area (Å²) < 4.78 is 11.4. The van der Waals surface area contributed by atoms with Crippen LogP contribution in [0.4, 0.5) is 5.69 Å². The van der Waals surface area contributed by atoms with Crippen molar-refractivity contribution in [3.8, 4) is 11.5 Å². The number of hydrogen-bond acceptors (Lipinski definition) is 4. The summed E-state index contributed by atoms with van der Waals surface area (Å²) in [4.78, 5) is 11.2. The summed E-state index contributed by atoms with van der Waals surface area (Å²) in [5.41, 5.74) is 3.98. The summed E-state index contributed by atoms with van der Waals surface area (Å²) in [6.45, 7) is 3.00. The van der Waals surface area contributed by atoms with Gasteiger partial charge in [-0.25, -0.2) is 4.79 Å². The van der Waals surface area contributed by atoms with Crippen LogP contribution in [0, 0.1) is 6.92 Å². The second-order valence-corrected chi connectivity index (χ2v) is 7.02. The zero-order valence-electron chi connectivity index (χ0n) is 16.2. The van der Waals surface area contributed by atoms with E-state index in [1.165, 1.54) is 11.6 Å². The number of benzene rings is 3. The number of methoxy groups -OCH3 is 1. The van der Waals surface area contributed by atoms with Gasteiger partial charge in [-0.2, -0.15) is 0 Å². The molecule has 0 radical (unpaired) electrons. The number of ether oxygens (including phenoxy) is 2. The fourth-order valence-electron chi connectivity index (χ4n) is 2.91. The summed E-state index contributed by atoms with van der Waals surface area (Å²) in [5.74, 6) is 0.243. The fourth-order valence-corrected chi connectivity index (χ4v) is 3.11. The van der Waals surface area contributed by atoms with E-state index >= 15 is 0 Å². The topological polar surface area (TPSA) is 67.8 Å². The molecule has 0 aliphatic rings. The summed E-state index contributed by atoms with van der Waals surface area (Å²) in [6.07, 6.45) is 0. The lowest BCUT2D eigenvalue weighted by Crippen LogP contribution is -2.04. The van der Waals surface area contributed by atoms with Crippen LogP contribution in [0.15, 0.2) is 60.7 Å². The number of carboxylic acid groups (broad SMARTS) is 1. The van der Waals surface area contributed by atoms with Gasteiger partial charge in [0.05, 0.1) is 17.7 Å². The number of nitrogens with one attached hydrogen (secondary N) is 1. The smallest absolute Gasteiger partial charge is 0.337 e. The van der Waals surface area contributed by atoms with Crippen molar-refractivity contribution in [1.29, 1.82) is 0 Å². The first kappa shape index (κ1) is 20.6. The molecule has 0 atom stereocenters. The molecule has 3 aromatic carbocycles. The van der Waals surface area contributed by atoms with Crippen LogP contribution in [0.25, 0.3) is 0 Å². The van der Waals surface area contributed by atoms with Gasteiger partial charge in [-0.3, -0.25) is 0 Å². The van der Waals surface area contributed by atoms with E-state index < -0.39 is 5.97 Å². The molecule has 29 heavy (non-hydrogen) atoms. The Labute approximate surface area is 174 Å². The average molecular weight is 412 g/mol. The van der Waals surface area contributed by atoms with Crippen molar-refractivity contribution in [2.45, 2.75) is 20.1 Å². The third kappa shape index (κ3) is 5.42. The minimum Gasteiger partial charge on any atom is -0.493 e. The lowest BCUT2D eigenvalue weighted by molar-refractivity contribution is 0.0697. The summed E-state index contributed by atoms with van der Waals surface area (Å²) in [5, 5.41) is 12.6. The lowest BCUT2D eigenvalue weighted by Gasteiger charge is -2.13. The van der Waals surface area contributed by atoms with Crippen LogP contribution < -0.4 is 14.8 Å². The van der Waals surface area contributed by atoms with Crippen LogP contribution in [0.1, 0.15) is 27.0 Å². The zero-order chi connectivity index (χ0) is 20.8. The lowest BCUT2D eigenvalue weighted by atomic mass is 10.1. The van der Waals surface area contributed by atoms with Crippen molar-refractivity contribution in [2.24, 2.45) is 0 Å². The van der Waals surface area contributed by atoms with Crippen molar-refractivity contribution in [3.05, 3.63) is 87.9 Å². The van der Waals surface area contributed by atoms with E-state index in [9.17, 15) is 9.90 Å². The van der Waals surface area contributed by atoms with Crippen molar-refractivity contribution >= 4 is 23.3 Å². The molecule has 0 aromatic heterocycles. The van der Waals surface area contributed by atoms with E-state index in [2.05, 4.69) is 11.4 Å². The Bertz CT molecular complexity index is 1020. The maximum Gasteiger partial charge on any atom is 0.337 e. The van der Waals surface area contributed by atoms with E-state index in [0.29, 0.717) is 30.3 Å². The first-order chi connectivity index (χ1) is 14.0. The first-order valence-corrected chi connectivity index (χ1v) is 9.46. The standard InChI is InChI=1S/C23H22ClNO4/c1-15-4-3-5-17(10-15)14-29-21-9-6-16(11-22(21)28-2)13-25-18-7-8-20(24)19(12-18)23(26)27/h3-12,25H,13-14H2,1-2H3,(H,26,27). The highest BCUT2D eigenvalue weighted by atomic mass is 35.5. The van der Waals surface area contributed by atoms with Crippen LogP contribution in [-0.2, 0) is 13.2 Å². The minimum absolute atomic E-state index is 0.0640. The third-order valence-corrected chi connectivity index (χ3v) is 4.73. The molecule has 0 spiro atoms. The largest absolute Gasteiger partial charge is 0.493 e. The Morgan fingerprint density at radius 3 is 2.59 bits per heavy atom. The third-order valence-electron chi connectivity index (χ3n) is 4.40. The highest BCUT2D eigenvalue weighted by Crippen LogP contribution is 2.29. The summed E-state index contributed by atoms with van der Waals surface area (Å²) >= 11 is 5.91. The van der Waals surface area contributed by atoms with Gasteiger partial charge in [0.2, 0.25) is 0 Å². The van der Waals surface area contributed by atoms with Crippen molar-refractivity contribution in [1.82, 2.24) is 0 Å². The van der Waals surface area contributed by atoms with Crippen LogP contribution in [0.3, 0.4) is 0 Å². The molecule has 150 valence electrons. The monoisotopic (exact) mass is 411 g/mol. The van der Waals surface area contributed by atoms with Gasteiger partial charge in [-0.05, 0) is 48.4 Å². The molecule has 0 saturated carbocycles. The van der Waals surface area contributed by atoms with Crippen molar-refractivity contribution in [3.63, 3.8) is 0 Å². The molecule has 0 unspecified atom stereocenters. The van der Waals surface area contributed by atoms with E-state index in [4.69, 9.17) is 21.1 Å². The maximum atomic E-state index is 11.2. The molecular formula is C23H22ClNO4. The maximum absolute atomic E-state index is 11.2. The molecule has 2 N–H and O–H groups in total. The van der Waals surface area contributed by atoms with Gasteiger partial charge in [0.1, 0.15) is 6.61 Å². The Morgan fingerprint density at radius 1 is 1.03 bits per heavy atom. The highest BCUT2D eigenvalue weighted by Gasteiger charge is 2.10. The number of aromatic carboxylic acids is 1. The van der Waals surface area contributed by atoms with E-state index in [-0.39, 0.29) is 10.6 Å². The molecule has 0 amide bonds. The van der Waals surface area contributed by atoms with E-state index in [1.54, 1.807) is 19.2 Å². The predicted octanol–water partition coefficient (Wildman–Crippen LogP) is 5.55. The predicted molar refractivity (Wildman–Crippen MR) is 114 cm³/mol. The van der Waals surface area contributed by atoms with Gasteiger partial charge in [0.25, 0.3) is 0 Å². The Hall–Kier alpha value is -3.18. The number of hydrogen-bond donors (Lipinski definition) is 2. The van der Waals surface area contributed by atoms with Crippen molar-refractivity contribution < 1.29 is 19.4 Å². The first-order valence-electron chi connectivity index (χ1n) is 9.08. The zero-order valence-corrected chi connectivity index (χ0v) is 17.0. The molecule has 3 aromatic rings. The van der Waals surface area contributed by atoms with Crippen LogP contribution in [0.5, 0.6) is 11.5 Å². The van der Waals surface area contributed by atoms with E-state index in [0.717, 1.165) is 11.1 Å². The van der Waals surface area contributed by atoms with Gasteiger partial charge in [-0.1, -0.05) is 47.5 Å². The second-order valence-electron chi connectivity index (χ2n) is 6.62. The molecule has 0 aliphatic carbocycles. The van der Waals surface area contributed by atoms with Crippen LogP contribution in [0.2, 0.25) is 5.02 Å². The summed E-state index contributed by atoms with van der Waals surface area (Å²) in [7, 11) is 1.60. The minimum atomic E-state index is -1.06. The van der Waals surface area contributed by atoms with Gasteiger partial charge < -0.3 is 19.9 Å². The Balaban J connectivity index is 1.67. The van der Waals surface area contributed by atoms with Gasteiger partial charge in [0.15, 0.2) is 11.5 Å². The van der Waals surface area contributed by atoms with Gasteiger partial charge in [-0.15, -0.1) is 0 Å². The SMILES string of the molecule is COc1cc(CNc2ccc(Cl)c(C(=O)O)c2)ccc1OCc1cccc(C)c1. The fraction of sp³-hybridized carbons (Fsp3) is 0.174. The molecule has 0 heterocycles. The van der Waals surface area contributed by atoms with E-state index in [1.807, 2.05) is 43.3 Å². The number of carboxylic acids is 1. The van der Waals surface area contributed by atoms with Gasteiger partial charge in [0, 0.05) is 12.2 Å². The Morgan fingerprint density at radius 2 is 1.86 bits per heavy atom. The number of anilines is 1. The molecular weight excluding hydrogens is 390 g/mol. The molecule has 5 nitrogen and oxygen atoms in total. The second kappa shape index (κ2) is 9.34. The molecule has 6 heteroatoms. The normalized spacial score (nSPS) is 10.4. The quantitative estimate of drug-likeness (QED) is 0.509. The molecule has 3 rings (SSSR count). The van der Waals surface area contributed by atoms with Crippen LogP contribution >= 0.6 is 11.6 Å². The number of aryl methyl sites for hydroxylation is 1. The Kier molecular flexibility index (Phi) is 6.62. The molecule has 0 aliphatic heterocycles. The number of carbonyl (C=O) groups is 1. The highest BCUT2D eigenvalue weighted by molar-refractivity contribution is 6.33. The summed E-state index contributed by atoms with van der Waals surface area (Å²) in [6, 6.07) is 18.7. The average Bonchev–Trinajstić information content (AvgIpc) is 2.71. The van der Waals surface area contributed by atoms with Crippen molar-refractivity contribution in [2.75, 3.05) is 12.4 Å². The molecule has 0 saturated heterocycles. The number of halogens is 1. The number of rotatable bonds is 8. The van der Waals surface area contributed by atoms with Gasteiger partial charge >= 0.3 is 5.97 Å². The molecule has 0 fully saturated rings. The van der Waals surface area contributed by atoms with Crippen LogP contribution in [-0.4, -0.2) is 18.2 Å².